The fraction of sp³-hybridized carbons (Fsp3) is 0.273. The van der Waals surface area contributed by atoms with E-state index in [1.54, 1.807) is 6.07 Å². The van der Waals surface area contributed by atoms with Gasteiger partial charge >= 0.3 is 0 Å². The standard InChI is InChI=1S/C11H10F2N2O/c1-15(6-5-14)10(16)7-8-3-2-4-9(12)11(8)13/h2-4H,6-7H2,1H3. The summed E-state index contributed by atoms with van der Waals surface area (Å²) in [7, 11) is 1.43. The number of hydrogen-bond acceptors (Lipinski definition) is 2. The highest BCUT2D eigenvalue weighted by atomic mass is 19.2. The molecule has 0 spiro atoms. The summed E-state index contributed by atoms with van der Waals surface area (Å²) in [5, 5.41) is 8.37. The van der Waals surface area contributed by atoms with E-state index in [0.29, 0.717) is 0 Å². The molecule has 0 aliphatic carbocycles. The summed E-state index contributed by atoms with van der Waals surface area (Å²) in [6.45, 7) is -0.0736. The molecule has 16 heavy (non-hydrogen) atoms. The lowest BCUT2D eigenvalue weighted by molar-refractivity contribution is -0.128. The Kier molecular flexibility index (Phi) is 3.95. The van der Waals surface area contributed by atoms with Gasteiger partial charge in [0, 0.05) is 12.6 Å². The third-order valence-corrected chi connectivity index (χ3v) is 2.11. The first-order valence-electron chi connectivity index (χ1n) is 4.60. The fourth-order valence-electron chi connectivity index (χ4n) is 1.18. The zero-order valence-electron chi connectivity index (χ0n) is 8.70. The average Bonchev–Trinajstić information content (AvgIpc) is 2.25. The summed E-state index contributed by atoms with van der Waals surface area (Å²) in [6.07, 6.45) is -0.248. The molecule has 0 N–H and O–H groups in total. The number of rotatable bonds is 3. The Hall–Kier alpha value is -1.96. The van der Waals surface area contributed by atoms with E-state index in [9.17, 15) is 13.6 Å². The number of hydrogen-bond donors (Lipinski definition) is 0. The van der Waals surface area contributed by atoms with E-state index in [4.69, 9.17) is 5.26 Å². The molecule has 0 aromatic heterocycles. The normalized spacial score (nSPS) is 9.62. The molecule has 0 saturated carbocycles. The molecule has 0 atom stereocenters. The highest BCUT2D eigenvalue weighted by Crippen LogP contribution is 2.12. The lowest BCUT2D eigenvalue weighted by Crippen LogP contribution is -2.28. The average molecular weight is 224 g/mol. The van der Waals surface area contributed by atoms with Crippen molar-refractivity contribution in [3.63, 3.8) is 0 Å². The minimum absolute atomic E-state index is 0.00482. The van der Waals surface area contributed by atoms with Crippen LogP contribution in [0.3, 0.4) is 0 Å². The Morgan fingerprint density at radius 2 is 2.19 bits per heavy atom. The van der Waals surface area contributed by atoms with Gasteiger partial charge in [-0.1, -0.05) is 12.1 Å². The number of benzene rings is 1. The summed E-state index contributed by atoms with van der Waals surface area (Å²) >= 11 is 0. The Bertz CT molecular complexity index is 440. The monoisotopic (exact) mass is 224 g/mol. The van der Waals surface area contributed by atoms with Crippen LogP contribution in [-0.2, 0) is 11.2 Å². The molecule has 5 heteroatoms. The van der Waals surface area contributed by atoms with Crippen LogP contribution in [-0.4, -0.2) is 24.4 Å². The van der Waals surface area contributed by atoms with Gasteiger partial charge in [-0.05, 0) is 6.07 Å². The van der Waals surface area contributed by atoms with Crippen LogP contribution in [0.4, 0.5) is 8.78 Å². The Morgan fingerprint density at radius 3 is 2.81 bits per heavy atom. The Balaban J connectivity index is 2.78. The van der Waals surface area contributed by atoms with E-state index in [1.165, 1.54) is 19.2 Å². The molecule has 0 saturated heterocycles. The van der Waals surface area contributed by atoms with Crippen molar-refractivity contribution in [2.45, 2.75) is 6.42 Å². The van der Waals surface area contributed by atoms with E-state index >= 15 is 0 Å². The quantitative estimate of drug-likeness (QED) is 0.730. The second-order valence-electron chi connectivity index (χ2n) is 3.30. The molecule has 1 aromatic rings. The summed E-state index contributed by atoms with van der Waals surface area (Å²) in [4.78, 5) is 12.6. The van der Waals surface area contributed by atoms with Crippen molar-refractivity contribution >= 4 is 5.91 Å². The van der Waals surface area contributed by atoms with Crippen LogP contribution in [0.1, 0.15) is 5.56 Å². The molecular weight excluding hydrogens is 214 g/mol. The third kappa shape index (κ3) is 2.76. The number of carbonyl (C=O) groups is 1. The molecule has 0 bridgehead atoms. The summed E-state index contributed by atoms with van der Waals surface area (Å²) < 4.78 is 26.0. The van der Waals surface area contributed by atoms with Gasteiger partial charge in [0.1, 0.15) is 6.54 Å². The number of likely N-dealkylation sites (N-methyl/N-ethyl adjacent to an activating group) is 1. The smallest absolute Gasteiger partial charge is 0.227 e. The second-order valence-corrected chi connectivity index (χ2v) is 3.30. The van der Waals surface area contributed by atoms with E-state index in [1.807, 2.05) is 0 Å². The molecule has 0 unspecified atom stereocenters. The molecule has 0 aliphatic heterocycles. The topological polar surface area (TPSA) is 44.1 Å². The predicted octanol–water partition coefficient (Wildman–Crippen LogP) is 1.49. The number of nitrogens with zero attached hydrogens (tertiary/aromatic N) is 2. The van der Waals surface area contributed by atoms with Gasteiger partial charge in [-0.25, -0.2) is 8.78 Å². The van der Waals surface area contributed by atoms with Crippen molar-refractivity contribution in [1.82, 2.24) is 4.90 Å². The van der Waals surface area contributed by atoms with Gasteiger partial charge in [0.15, 0.2) is 11.6 Å². The van der Waals surface area contributed by atoms with Crippen LogP contribution in [0.5, 0.6) is 0 Å². The van der Waals surface area contributed by atoms with Gasteiger partial charge in [-0.15, -0.1) is 0 Å². The van der Waals surface area contributed by atoms with Crippen molar-refractivity contribution in [2.75, 3.05) is 13.6 Å². The van der Waals surface area contributed by atoms with E-state index in [-0.39, 0.29) is 18.5 Å². The van der Waals surface area contributed by atoms with Crippen molar-refractivity contribution in [3.05, 3.63) is 35.4 Å². The largest absolute Gasteiger partial charge is 0.332 e. The van der Waals surface area contributed by atoms with Crippen LogP contribution in [0, 0.1) is 23.0 Å². The van der Waals surface area contributed by atoms with Crippen molar-refractivity contribution < 1.29 is 13.6 Å². The van der Waals surface area contributed by atoms with Gasteiger partial charge in [0.05, 0.1) is 12.5 Å². The zero-order chi connectivity index (χ0) is 12.1. The molecular formula is C11H10F2N2O. The van der Waals surface area contributed by atoms with Gasteiger partial charge in [-0.2, -0.15) is 5.26 Å². The molecule has 84 valence electrons. The highest BCUT2D eigenvalue weighted by molar-refractivity contribution is 5.78. The minimum Gasteiger partial charge on any atom is -0.332 e. The molecule has 1 rings (SSSR count). The molecule has 0 fully saturated rings. The first-order valence-corrected chi connectivity index (χ1v) is 4.60. The maximum atomic E-state index is 13.2. The van der Waals surface area contributed by atoms with Crippen LogP contribution in [0.25, 0.3) is 0 Å². The zero-order valence-corrected chi connectivity index (χ0v) is 8.70. The highest BCUT2D eigenvalue weighted by Gasteiger charge is 2.14. The molecule has 3 nitrogen and oxygen atoms in total. The summed E-state index contributed by atoms with van der Waals surface area (Å²) in [5.41, 5.74) is -0.00482. The van der Waals surface area contributed by atoms with Gasteiger partial charge in [0.2, 0.25) is 5.91 Å². The number of nitriles is 1. The summed E-state index contributed by atoms with van der Waals surface area (Å²) in [5.74, 6) is -2.42. The Labute approximate surface area is 91.9 Å². The van der Waals surface area contributed by atoms with Crippen molar-refractivity contribution in [2.24, 2.45) is 0 Å². The molecule has 1 aromatic carbocycles. The minimum atomic E-state index is -1.01. The number of halogens is 2. The first-order chi connectivity index (χ1) is 7.56. The lowest BCUT2D eigenvalue weighted by Gasteiger charge is -2.13. The maximum absolute atomic E-state index is 13.2. The van der Waals surface area contributed by atoms with Gasteiger partial charge in [-0.3, -0.25) is 4.79 Å². The van der Waals surface area contributed by atoms with Crippen LogP contribution >= 0.6 is 0 Å². The predicted molar refractivity (Wildman–Crippen MR) is 53.3 cm³/mol. The summed E-state index contributed by atoms with van der Waals surface area (Å²) in [6, 6.07) is 5.47. The molecule has 0 heterocycles. The van der Waals surface area contributed by atoms with E-state index in [2.05, 4.69) is 0 Å². The molecule has 0 radical (unpaired) electrons. The third-order valence-electron chi connectivity index (χ3n) is 2.11. The maximum Gasteiger partial charge on any atom is 0.227 e. The van der Waals surface area contributed by atoms with Crippen LogP contribution in [0.2, 0.25) is 0 Å². The van der Waals surface area contributed by atoms with Crippen molar-refractivity contribution in [3.8, 4) is 6.07 Å². The van der Waals surface area contributed by atoms with Crippen LogP contribution < -0.4 is 0 Å². The molecule has 1 amide bonds. The van der Waals surface area contributed by atoms with Gasteiger partial charge in [0.25, 0.3) is 0 Å². The SMILES string of the molecule is CN(CC#N)C(=O)Cc1cccc(F)c1F. The number of carbonyl (C=O) groups excluding carboxylic acids is 1. The van der Waals surface area contributed by atoms with E-state index < -0.39 is 17.5 Å². The Morgan fingerprint density at radius 1 is 1.50 bits per heavy atom. The van der Waals surface area contributed by atoms with Crippen molar-refractivity contribution in [1.29, 1.82) is 5.26 Å². The van der Waals surface area contributed by atoms with E-state index in [0.717, 1.165) is 11.0 Å². The second kappa shape index (κ2) is 5.21. The molecule has 0 aliphatic rings. The number of amides is 1. The van der Waals surface area contributed by atoms with Gasteiger partial charge < -0.3 is 4.90 Å². The van der Waals surface area contributed by atoms with Crippen LogP contribution in [0.15, 0.2) is 18.2 Å². The fourth-order valence-corrected chi connectivity index (χ4v) is 1.18. The first kappa shape index (κ1) is 12.1. The lowest BCUT2D eigenvalue weighted by atomic mass is 10.1.